The van der Waals surface area contributed by atoms with Crippen molar-refractivity contribution in [2.24, 2.45) is 5.92 Å². The SMILES string of the molecule is COc1cccc(/C=C2\CCCCC(CN(C)C)C2(O)c2ccc(C)cc2)c1. The molecule has 3 rings (SSSR count). The molecule has 1 saturated carbocycles. The summed E-state index contributed by atoms with van der Waals surface area (Å²) in [6, 6.07) is 16.5. The molecule has 0 bridgehead atoms. The highest BCUT2D eigenvalue weighted by atomic mass is 16.5. The minimum atomic E-state index is -0.961. The van der Waals surface area contributed by atoms with Gasteiger partial charge in [0, 0.05) is 12.5 Å². The standard InChI is InChI=1S/C25H33NO2/c1-19-12-14-21(15-13-19)25(27)22(9-5-6-10-23(25)18-26(2)3)16-20-8-7-11-24(17-20)28-4/h7-8,11-17,23,27H,5-6,9-10,18H2,1-4H3/b22-16+. The molecular formula is C25H33NO2. The van der Waals surface area contributed by atoms with Crippen molar-refractivity contribution in [2.45, 2.75) is 38.2 Å². The van der Waals surface area contributed by atoms with Crippen LogP contribution in [0.3, 0.4) is 0 Å². The summed E-state index contributed by atoms with van der Waals surface area (Å²) in [6.07, 6.45) is 6.36. The van der Waals surface area contributed by atoms with E-state index in [0.717, 1.165) is 54.7 Å². The van der Waals surface area contributed by atoms with Gasteiger partial charge in [-0.3, -0.25) is 0 Å². The van der Waals surface area contributed by atoms with E-state index >= 15 is 0 Å². The van der Waals surface area contributed by atoms with Gasteiger partial charge < -0.3 is 14.7 Å². The molecule has 3 heteroatoms. The van der Waals surface area contributed by atoms with Crippen molar-refractivity contribution in [3.05, 3.63) is 70.8 Å². The zero-order valence-electron chi connectivity index (χ0n) is 17.6. The zero-order valence-corrected chi connectivity index (χ0v) is 17.6. The molecule has 0 aromatic heterocycles. The largest absolute Gasteiger partial charge is 0.497 e. The highest BCUT2D eigenvalue weighted by molar-refractivity contribution is 5.58. The van der Waals surface area contributed by atoms with Crippen LogP contribution in [-0.2, 0) is 5.60 Å². The van der Waals surface area contributed by atoms with Gasteiger partial charge in [0.05, 0.1) is 7.11 Å². The molecule has 1 fully saturated rings. The topological polar surface area (TPSA) is 32.7 Å². The summed E-state index contributed by atoms with van der Waals surface area (Å²) in [6.45, 7) is 2.95. The van der Waals surface area contributed by atoms with Gasteiger partial charge in [0.25, 0.3) is 0 Å². The lowest BCUT2D eigenvalue weighted by Gasteiger charge is -2.39. The third kappa shape index (κ3) is 4.48. The molecule has 0 heterocycles. The monoisotopic (exact) mass is 379 g/mol. The second-order valence-electron chi connectivity index (χ2n) is 8.28. The van der Waals surface area contributed by atoms with E-state index in [-0.39, 0.29) is 5.92 Å². The lowest BCUT2D eigenvalue weighted by atomic mass is 9.74. The first-order valence-electron chi connectivity index (χ1n) is 10.2. The highest BCUT2D eigenvalue weighted by Gasteiger charge is 2.42. The summed E-state index contributed by atoms with van der Waals surface area (Å²) in [5.41, 5.74) is 3.43. The molecule has 28 heavy (non-hydrogen) atoms. The fraction of sp³-hybridized carbons (Fsp3) is 0.440. The van der Waals surface area contributed by atoms with Gasteiger partial charge >= 0.3 is 0 Å². The number of nitrogens with zero attached hydrogens (tertiary/aromatic N) is 1. The number of hydrogen-bond donors (Lipinski definition) is 1. The molecule has 3 nitrogen and oxygen atoms in total. The Morgan fingerprint density at radius 1 is 1.14 bits per heavy atom. The normalized spacial score (nSPS) is 24.4. The van der Waals surface area contributed by atoms with Crippen LogP contribution in [0.2, 0.25) is 0 Å². The van der Waals surface area contributed by atoms with Crippen molar-refractivity contribution in [3.8, 4) is 5.75 Å². The number of hydrogen-bond acceptors (Lipinski definition) is 3. The molecule has 150 valence electrons. The zero-order chi connectivity index (χ0) is 20.1. The van der Waals surface area contributed by atoms with Gasteiger partial charge in [0.2, 0.25) is 0 Å². The second kappa shape index (κ2) is 8.93. The van der Waals surface area contributed by atoms with Gasteiger partial charge in [0.15, 0.2) is 0 Å². The van der Waals surface area contributed by atoms with Crippen molar-refractivity contribution in [1.29, 1.82) is 0 Å². The van der Waals surface area contributed by atoms with E-state index in [4.69, 9.17) is 4.74 Å². The first-order chi connectivity index (χ1) is 13.4. The molecule has 0 amide bonds. The average molecular weight is 380 g/mol. The van der Waals surface area contributed by atoms with Crippen LogP contribution in [0, 0.1) is 12.8 Å². The maximum Gasteiger partial charge on any atom is 0.119 e. The Balaban J connectivity index is 2.12. The summed E-state index contributed by atoms with van der Waals surface area (Å²) >= 11 is 0. The van der Waals surface area contributed by atoms with E-state index in [9.17, 15) is 5.11 Å². The van der Waals surface area contributed by atoms with Crippen molar-refractivity contribution < 1.29 is 9.84 Å². The van der Waals surface area contributed by atoms with Crippen LogP contribution in [-0.4, -0.2) is 37.8 Å². The van der Waals surface area contributed by atoms with Gasteiger partial charge in [-0.25, -0.2) is 0 Å². The predicted octanol–water partition coefficient (Wildman–Crippen LogP) is 5.03. The number of ether oxygens (including phenoxy) is 1. The minimum Gasteiger partial charge on any atom is -0.497 e. The molecule has 2 aromatic rings. The van der Waals surface area contributed by atoms with E-state index in [1.54, 1.807) is 7.11 Å². The van der Waals surface area contributed by atoms with Crippen LogP contribution in [0.15, 0.2) is 54.1 Å². The first-order valence-corrected chi connectivity index (χ1v) is 10.2. The van der Waals surface area contributed by atoms with Gasteiger partial charge in [-0.2, -0.15) is 0 Å². The predicted molar refractivity (Wildman–Crippen MR) is 117 cm³/mol. The molecule has 0 spiro atoms. The van der Waals surface area contributed by atoms with Gasteiger partial charge in [-0.15, -0.1) is 0 Å². The Hall–Kier alpha value is -2.10. The average Bonchev–Trinajstić information content (AvgIpc) is 2.83. The van der Waals surface area contributed by atoms with Crippen molar-refractivity contribution in [1.82, 2.24) is 4.90 Å². The third-order valence-electron chi connectivity index (χ3n) is 5.84. The van der Waals surface area contributed by atoms with Crippen LogP contribution in [0.4, 0.5) is 0 Å². The van der Waals surface area contributed by atoms with Crippen molar-refractivity contribution >= 4 is 6.08 Å². The Morgan fingerprint density at radius 3 is 2.57 bits per heavy atom. The van der Waals surface area contributed by atoms with Crippen LogP contribution in [0.1, 0.15) is 42.4 Å². The summed E-state index contributed by atoms with van der Waals surface area (Å²) in [5, 5.41) is 12.2. The molecule has 1 aliphatic rings. The van der Waals surface area contributed by atoms with E-state index in [1.807, 2.05) is 18.2 Å². The molecular weight excluding hydrogens is 346 g/mol. The molecule has 2 atom stereocenters. The maximum absolute atomic E-state index is 12.2. The molecule has 2 unspecified atom stereocenters. The lowest BCUT2D eigenvalue weighted by Crippen LogP contribution is -2.41. The number of methoxy groups -OCH3 is 1. The maximum atomic E-state index is 12.2. The Bertz CT molecular complexity index is 810. The van der Waals surface area contributed by atoms with E-state index < -0.39 is 5.60 Å². The molecule has 0 radical (unpaired) electrons. The van der Waals surface area contributed by atoms with Crippen LogP contribution < -0.4 is 4.74 Å². The van der Waals surface area contributed by atoms with Gasteiger partial charge in [0.1, 0.15) is 11.4 Å². The third-order valence-corrected chi connectivity index (χ3v) is 5.84. The summed E-state index contributed by atoms with van der Waals surface area (Å²) in [7, 11) is 5.87. The number of benzene rings is 2. The minimum absolute atomic E-state index is 0.157. The number of aryl methyl sites for hydroxylation is 1. The molecule has 0 aliphatic heterocycles. The van der Waals surface area contributed by atoms with Crippen LogP contribution >= 0.6 is 0 Å². The Labute approximate surface area is 169 Å². The number of rotatable bonds is 5. The summed E-state index contributed by atoms with van der Waals surface area (Å²) in [5.74, 6) is 0.997. The molecule has 0 saturated heterocycles. The van der Waals surface area contributed by atoms with E-state index in [1.165, 1.54) is 5.56 Å². The lowest BCUT2D eigenvalue weighted by molar-refractivity contribution is 0.000479. The molecule has 1 N–H and O–H groups in total. The van der Waals surface area contributed by atoms with Gasteiger partial charge in [-0.1, -0.05) is 54.5 Å². The van der Waals surface area contributed by atoms with Crippen molar-refractivity contribution in [3.63, 3.8) is 0 Å². The second-order valence-corrected chi connectivity index (χ2v) is 8.28. The van der Waals surface area contributed by atoms with Gasteiger partial charge in [-0.05, 0) is 69.1 Å². The Kier molecular flexibility index (Phi) is 6.58. The smallest absolute Gasteiger partial charge is 0.119 e. The summed E-state index contributed by atoms with van der Waals surface area (Å²) in [4.78, 5) is 2.19. The highest BCUT2D eigenvalue weighted by Crippen LogP contribution is 2.45. The fourth-order valence-electron chi connectivity index (χ4n) is 4.38. The van der Waals surface area contributed by atoms with E-state index in [2.05, 4.69) is 62.3 Å². The molecule has 1 aliphatic carbocycles. The van der Waals surface area contributed by atoms with Crippen LogP contribution in [0.25, 0.3) is 6.08 Å². The first kappa shape index (κ1) is 20.6. The quantitative estimate of drug-likeness (QED) is 0.740. The molecule has 2 aromatic carbocycles. The summed E-state index contributed by atoms with van der Waals surface area (Å²) < 4.78 is 5.39. The fourth-order valence-corrected chi connectivity index (χ4v) is 4.38. The van der Waals surface area contributed by atoms with Crippen LogP contribution in [0.5, 0.6) is 5.75 Å². The Morgan fingerprint density at radius 2 is 1.89 bits per heavy atom. The number of aliphatic hydroxyl groups is 1. The van der Waals surface area contributed by atoms with Crippen molar-refractivity contribution in [2.75, 3.05) is 27.7 Å². The van der Waals surface area contributed by atoms with E-state index in [0.29, 0.717) is 0 Å².